The molecule has 1 saturated carbocycles. The van der Waals surface area contributed by atoms with Crippen LogP contribution in [0.25, 0.3) is 0 Å². The normalized spacial score (nSPS) is 25.9. The Bertz CT molecular complexity index is 599. The van der Waals surface area contributed by atoms with Gasteiger partial charge in [-0.05, 0) is 55.4 Å². The maximum Gasteiger partial charge on any atom is 0.198 e. The van der Waals surface area contributed by atoms with Gasteiger partial charge in [-0.2, -0.15) is 14.9 Å². The molecule has 2 rings (SSSR count). The van der Waals surface area contributed by atoms with E-state index in [-0.39, 0.29) is 0 Å². The van der Waals surface area contributed by atoms with Gasteiger partial charge in [0.25, 0.3) is 0 Å². The summed E-state index contributed by atoms with van der Waals surface area (Å²) in [5.41, 5.74) is 1.19. The van der Waals surface area contributed by atoms with Gasteiger partial charge in [-0.25, -0.2) is 0 Å². The Balaban J connectivity index is 2.08. The quantitative estimate of drug-likeness (QED) is 0.789. The van der Waals surface area contributed by atoms with Gasteiger partial charge < -0.3 is 4.74 Å². The van der Waals surface area contributed by atoms with Crippen LogP contribution in [0.1, 0.15) is 42.7 Å². The molecule has 3 nitrogen and oxygen atoms in total. The smallest absolute Gasteiger partial charge is 0.198 e. The predicted molar refractivity (Wildman–Crippen MR) is 76.9 cm³/mol. The number of nitrogens with zero attached hydrogens (tertiary/aromatic N) is 2. The van der Waals surface area contributed by atoms with E-state index in [1.807, 2.05) is 24.3 Å². The van der Waals surface area contributed by atoms with E-state index in [9.17, 15) is 4.39 Å². The fourth-order valence-corrected chi connectivity index (χ4v) is 2.94. The monoisotopic (exact) mass is 284 g/mol. The van der Waals surface area contributed by atoms with Crippen LogP contribution in [0.3, 0.4) is 0 Å². The molecule has 0 saturated heterocycles. The molecule has 0 N–H and O–H groups in total. The molecule has 1 aromatic rings. The number of rotatable bonds is 3. The first-order chi connectivity index (χ1) is 10.1. The zero-order valence-corrected chi connectivity index (χ0v) is 12.0. The number of benzene rings is 1. The molecule has 1 aliphatic carbocycles. The van der Waals surface area contributed by atoms with Crippen molar-refractivity contribution in [2.75, 3.05) is 7.11 Å². The van der Waals surface area contributed by atoms with Crippen LogP contribution in [0.15, 0.2) is 36.2 Å². The highest BCUT2D eigenvalue weighted by Gasteiger charge is 2.34. The summed E-state index contributed by atoms with van der Waals surface area (Å²) in [5.74, 6) is -0.395. The van der Waals surface area contributed by atoms with Crippen molar-refractivity contribution < 1.29 is 9.13 Å². The molecule has 0 unspecified atom stereocenters. The van der Waals surface area contributed by atoms with E-state index in [1.54, 1.807) is 7.11 Å². The molecule has 4 heteroatoms. The number of halogens is 1. The molecule has 0 aliphatic heterocycles. The highest BCUT2D eigenvalue weighted by molar-refractivity contribution is 5.33. The molecule has 0 radical (unpaired) electrons. The summed E-state index contributed by atoms with van der Waals surface area (Å²) in [7, 11) is 1.56. The van der Waals surface area contributed by atoms with Crippen LogP contribution in [0.5, 0.6) is 0 Å². The number of ether oxygens (including phenoxy) is 1. The average Bonchev–Trinajstić information content (AvgIpc) is 2.55. The molecule has 0 spiro atoms. The Morgan fingerprint density at radius 3 is 2.38 bits per heavy atom. The Morgan fingerprint density at radius 2 is 1.90 bits per heavy atom. The minimum absolute atomic E-state index is 0.388. The Kier molecular flexibility index (Phi) is 4.73. The number of allylic oxidation sites excluding steroid dienone is 1. The van der Waals surface area contributed by atoms with Crippen LogP contribution in [0.2, 0.25) is 0 Å². The van der Waals surface area contributed by atoms with Gasteiger partial charge in [0.15, 0.2) is 5.83 Å². The Labute approximate surface area is 124 Å². The van der Waals surface area contributed by atoms with Crippen LogP contribution in [0, 0.1) is 22.7 Å². The van der Waals surface area contributed by atoms with E-state index in [2.05, 4.69) is 6.07 Å². The summed E-state index contributed by atoms with van der Waals surface area (Å²) in [6.45, 7) is 0. The lowest BCUT2D eigenvalue weighted by atomic mass is 9.75. The van der Waals surface area contributed by atoms with Crippen LogP contribution in [-0.2, 0) is 4.74 Å². The average molecular weight is 284 g/mol. The van der Waals surface area contributed by atoms with Crippen molar-refractivity contribution >= 4 is 0 Å². The third-order valence-electron chi connectivity index (χ3n) is 4.25. The minimum atomic E-state index is -0.784. The van der Waals surface area contributed by atoms with Crippen LogP contribution in [0.4, 0.5) is 4.39 Å². The minimum Gasteiger partial charge on any atom is -0.374 e. The first-order valence-corrected chi connectivity index (χ1v) is 6.96. The fourth-order valence-electron chi connectivity index (χ4n) is 2.94. The molecule has 0 heterocycles. The third-order valence-corrected chi connectivity index (χ3v) is 4.25. The molecule has 0 aromatic heterocycles. The zero-order chi connectivity index (χ0) is 15.3. The molecule has 1 fully saturated rings. The first-order valence-electron chi connectivity index (χ1n) is 6.96. The van der Waals surface area contributed by atoms with E-state index < -0.39 is 11.4 Å². The van der Waals surface area contributed by atoms with E-state index in [0.717, 1.165) is 12.8 Å². The standard InChI is InChI=1S/C17H17FN2O/c1-21-17(10-16(18)12-20)8-6-15(7-9-17)14-4-2-13(11-19)3-5-14/h2-5,10,15H,6-9H2,1H3. The van der Waals surface area contributed by atoms with Crippen molar-refractivity contribution in [3.8, 4) is 12.1 Å². The second kappa shape index (κ2) is 6.52. The van der Waals surface area contributed by atoms with E-state index in [1.165, 1.54) is 17.7 Å². The van der Waals surface area contributed by atoms with Crippen molar-refractivity contribution in [3.63, 3.8) is 0 Å². The molecule has 1 aliphatic rings. The fraction of sp³-hybridized carbons (Fsp3) is 0.412. The number of nitriles is 2. The van der Waals surface area contributed by atoms with E-state index in [0.29, 0.717) is 24.3 Å². The molecular weight excluding hydrogens is 267 g/mol. The van der Waals surface area contributed by atoms with Crippen molar-refractivity contribution in [3.05, 3.63) is 47.3 Å². The molecule has 21 heavy (non-hydrogen) atoms. The topological polar surface area (TPSA) is 56.8 Å². The number of methoxy groups -OCH3 is 1. The summed E-state index contributed by atoms with van der Waals surface area (Å²) < 4.78 is 18.7. The first kappa shape index (κ1) is 15.2. The zero-order valence-electron chi connectivity index (χ0n) is 12.0. The van der Waals surface area contributed by atoms with Gasteiger partial charge in [-0.3, -0.25) is 0 Å². The summed E-state index contributed by atoms with van der Waals surface area (Å²) in [6, 6.07) is 11.2. The maximum absolute atomic E-state index is 13.2. The van der Waals surface area contributed by atoms with Crippen LogP contribution < -0.4 is 0 Å². The van der Waals surface area contributed by atoms with Gasteiger partial charge in [-0.15, -0.1) is 0 Å². The summed E-state index contributed by atoms with van der Waals surface area (Å²) in [5, 5.41) is 17.4. The maximum atomic E-state index is 13.2. The van der Waals surface area contributed by atoms with E-state index in [4.69, 9.17) is 15.3 Å². The second-order valence-corrected chi connectivity index (χ2v) is 5.38. The van der Waals surface area contributed by atoms with Crippen molar-refractivity contribution in [2.45, 2.75) is 37.2 Å². The Hall–Kier alpha value is -2.17. The SMILES string of the molecule is COC1(C=C(F)C#N)CCC(c2ccc(C#N)cc2)CC1. The van der Waals surface area contributed by atoms with Gasteiger partial charge in [0, 0.05) is 7.11 Å². The summed E-state index contributed by atoms with van der Waals surface area (Å²) >= 11 is 0. The molecule has 108 valence electrons. The lowest BCUT2D eigenvalue weighted by molar-refractivity contribution is -0.00343. The lowest BCUT2D eigenvalue weighted by Gasteiger charge is -2.37. The van der Waals surface area contributed by atoms with Crippen LogP contribution in [-0.4, -0.2) is 12.7 Å². The third kappa shape index (κ3) is 3.48. The number of hydrogen-bond donors (Lipinski definition) is 0. The predicted octanol–water partition coefficient (Wildman–Crippen LogP) is 3.98. The Morgan fingerprint density at radius 1 is 1.29 bits per heavy atom. The number of hydrogen-bond acceptors (Lipinski definition) is 3. The van der Waals surface area contributed by atoms with Crippen molar-refractivity contribution in [2.24, 2.45) is 0 Å². The largest absolute Gasteiger partial charge is 0.374 e. The van der Waals surface area contributed by atoms with Crippen molar-refractivity contribution in [1.29, 1.82) is 10.5 Å². The van der Waals surface area contributed by atoms with Crippen molar-refractivity contribution in [1.82, 2.24) is 0 Å². The lowest BCUT2D eigenvalue weighted by Crippen LogP contribution is -2.34. The second-order valence-electron chi connectivity index (χ2n) is 5.38. The molecule has 0 amide bonds. The van der Waals surface area contributed by atoms with Gasteiger partial charge >= 0.3 is 0 Å². The van der Waals surface area contributed by atoms with E-state index >= 15 is 0 Å². The van der Waals surface area contributed by atoms with Crippen LogP contribution >= 0.6 is 0 Å². The highest BCUT2D eigenvalue weighted by atomic mass is 19.1. The summed E-state index contributed by atoms with van der Waals surface area (Å²) in [6.07, 6.45) is 4.42. The molecular formula is C17H17FN2O. The van der Waals surface area contributed by atoms with Gasteiger partial charge in [0.2, 0.25) is 0 Å². The summed E-state index contributed by atoms with van der Waals surface area (Å²) in [4.78, 5) is 0. The van der Waals surface area contributed by atoms with Gasteiger partial charge in [-0.1, -0.05) is 12.1 Å². The van der Waals surface area contributed by atoms with Gasteiger partial charge in [0.1, 0.15) is 6.07 Å². The molecule has 1 aromatic carbocycles. The van der Waals surface area contributed by atoms with Gasteiger partial charge in [0.05, 0.1) is 17.2 Å². The molecule has 0 bridgehead atoms. The molecule has 0 atom stereocenters. The highest BCUT2D eigenvalue weighted by Crippen LogP contribution is 2.41.